The van der Waals surface area contributed by atoms with Gasteiger partial charge in [0.25, 0.3) is 11.8 Å². The van der Waals surface area contributed by atoms with Crippen molar-refractivity contribution in [1.82, 2.24) is 30.8 Å². The molecule has 4 bridgehead atoms. The number of thiazole rings is 1. The van der Waals surface area contributed by atoms with Crippen LogP contribution in [0.5, 0.6) is 0 Å². The average Bonchev–Trinajstić information content (AvgIpc) is 3.74. The number of nitrogens with two attached hydrogens (primary N) is 1. The molecule has 3 atom stereocenters. The Kier molecular flexibility index (Phi) is 11.2. The van der Waals surface area contributed by atoms with Crippen molar-refractivity contribution in [2.45, 2.75) is 76.9 Å². The molecule has 2 aromatic heterocycles. The summed E-state index contributed by atoms with van der Waals surface area (Å²) in [6, 6.07) is 7.65. The molecule has 12 nitrogen and oxygen atoms in total. The molecule has 46 heavy (non-hydrogen) atoms. The van der Waals surface area contributed by atoms with Gasteiger partial charge in [0.1, 0.15) is 23.0 Å². The zero-order valence-corrected chi connectivity index (χ0v) is 27.2. The molecule has 0 spiro atoms. The van der Waals surface area contributed by atoms with Crippen LogP contribution in [0.25, 0.3) is 0 Å². The van der Waals surface area contributed by atoms with Crippen molar-refractivity contribution < 1.29 is 23.6 Å². The third-order valence-corrected chi connectivity index (χ3v) is 9.51. The van der Waals surface area contributed by atoms with Gasteiger partial charge in [-0.2, -0.15) is 0 Å². The third kappa shape index (κ3) is 8.58. The van der Waals surface area contributed by atoms with Crippen LogP contribution in [0.2, 0.25) is 0 Å². The fourth-order valence-electron chi connectivity index (χ4n) is 6.05. The normalized spacial score (nSPS) is 21.1. The van der Waals surface area contributed by atoms with Gasteiger partial charge in [0, 0.05) is 24.9 Å². The Hall–Kier alpha value is -4.10. The van der Waals surface area contributed by atoms with Gasteiger partial charge < -0.3 is 31.0 Å². The van der Waals surface area contributed by atoms with Crippen LogP contribution in [-0.2, 0) is 16.0 Å². The number of rotatable bonds is 6. The van der Waals surface area contributed by atoms with Gasteiger partial charge >= 0.3 is 0 Å². The lowest BCUT2D eigenvalue weighted by molar-refractivity contribution is -0.137. The molecule has 3 heterocycles. The number of nitrogens with zero attached hydrogens (tertiary/aromatic N) is 3. The topological polar surface area (TPSA) is 173 Å². The van der Waals surface area contributed by atoms with Gasteiger partial charge in [-0.3, -0.25) is 19.2 Å². The predicted octanol–water partition coefficient (Wildman–Crippen LogP) is 3.53. The number of carbonyl (C=O) groups excluding carboxylic acids is 4. The van der Waals surface area contributed by atoms with Crippen molar-refractivity contribution in [3.8, 4) is 0 Å². The highest BCUT2D eigenvalue weighted by Gasteiger charge is 2.30. The summed E-state index contributed by atoms with van der Waals surface area (Å²) in [6.07, 6.45) is 7.75. The highest BCUT2D eigenvalue weighted by Crippen LogP contribution is 2.28. The first kappa shape index (κ1) is 33.3. The number of carbonyl (C=O) groups is 4. The van der Waals surface area contributed by atoms with E-state index in [1.165, 1.54) is 28.9 Å². The molecule has 246 valence electrons. The molecule has 1 fully saturated rings. The highest BCUT2D eigenvalue weighted by molar-refractivity contribution is 7.09. The average molecular weight is 650 g/mol. The van der Waals surface area contributed by atoms with Crippen molar-refractivity contribution in [1.29, 1.82) is 0 Å². The van der Waals surface area contributed by atoms with Crippen LogP contribution >= 0.6 is 11.3 Å². The molecule has 0 unspecified atom stereocenters. The Morgan fingerprint density at radius 3 is 2.54 bits per heavy atom. The van der Waals surface area contributed by atoms with Gasteiger partial charge in [-0.15, -0.1) is 11.3 Å². The third-order valence-electron chi connectivity index (χ3n) is 8.59. The van der Waals surface area contributed by atoms with Crippen LogP contribution in [0.3, 0.4) is 0 Å². The smallest absolute Gasteiger partial charge is 0.273 e. The maximum absolute atomic E-state index is 13.6. The van der Waals surface area contributed by atoms with Crippen molar-refractivity contribution in [3.63, 3.8) is 0 Å². The van der Waals surface area contributed by atoms with E-state index in [1.54, 1.807) is 5.38 Å². The minimum Gasteiger partial charge on any atom is -0.446 e. The second kappa shape index (κ2) is 15.5. The molecule has 1 aliphatic carbocycles. The molecular formula is C33H43N7O5S. The molecule has 0 radical (unpaired) electrons. The Morgan fingerprint density at radius 2 is 1.80 bits per heavy atom. The Bertz CT molecular complexity index is 1500. The number of benzene rings is 1. The minimum absolute atomic E-state index is 0.0313. The van der Waals surface area contributed by atoms with Gasteiger partial charge in [-0.25, -0.2) is 9.97 Å². The van der Waals surface area contributed by atoms with Gasteiger partial charge in [0.2, 0.25) is 17.7 Å². The fourth-order valence-corrected chi connectivity index (χ4v) is 7.08. The van der Waals surface area contributed by atoms with Crippen molar-refractivity contribution >= 4 is 35.0 Å². The molecule has 2 aliphatic rings. The second-order valence-electron chi connectivity index (χ2n) is 12.5. The van der Waals surface area contributed by atoms with Crippen LogP contribution < -0.4 is 21.7 Å². The molecule has 5 rings (SSSR count). The molecule has 1 saturated carbocycles. The molecule has 13 heteroatoms. The van der Waals surface area contributed by atoms with E-state index in [2.05, 4.69) is 25.9 Å². The number of oxazole rings is 1. The van der Waals surface area contributed by atoms with Crippen molar-refractivity contribution in [2.75, 3.05) is 19.6 Å². The Labute approximate surface area is 272 Å². The quantitative estimate of drug-likeness (QED) is 0.314. The SMILES string of the molecule is CC(C)[C@@H]1NC(=O)CN(C(=O)[C@@H](N)CC2CCCCC2)CCNC(=O)c2coc(n2)[C@H](Cc2ccccc2)NC(=O)c2csc1n2. The lowest BCUT2D eigenvalue weighted by Gasteiger charge is -2.29. The standard InChI is InChI=1S/C33H43N7O5S/c1-20(2)28-32-38-26(19-46-32)30(43)36-24(16-22-11-7-4-8-12-22)31-37-25(18-45-31)29(42)35-13-14-40(17-27(41)39-28)33(44)23(34)15-21-9-5-3-6-10-21/h4,7-8,11-12,18-21,23-24,28H,3,5-6,9-10,13-17,34H2,1-2H3,(H,35,42)(H,36,43)(H,39,41)/t23-,24-,28-/m0/s1. The molecule has 1 aromatic carbocycles. The maximum atomic E-state index is 13.6. The number of hydrogen-bond donors (Lipinski definition) is 4. The summed E-state index contributed by atoms with van der Waals surface area (Å²) in [5, 5.41) is 11.0. The van der Waals surface area contributed by atoms with Crippen LogP contribution in [0.1, 0.15) is 102 Å². The number of aromatic nitrogens is 2. The number of fused-ring (bicyclic) bond motifs is 4. The highest BCUT2D eigenvalue weighted by atomic mass is 32.1. The van der Waals surface area contributed by atoms with Crippen LogP contribution in [0.15, 0.2) is 46.4 Å². The van der Waals surface area contributed by atoms with Crippen molar-refractivity contribution in [2.24, 2.45) is 17.6 Å². The second-order valence-corrected chi connectivity index (χ2v) is 13.4. The van der Waals surface area contributed by atoms with E-state index in [1.807, 2.05) is 44.2 Å². The van der Waals surface area contributed by atoms with Gasteiger partial charge in [0.15, 0.2) is 5.69 Å². The summed E-state index contributed by atoms with van der Waals surface area (Å²) < 4.78 is 5.71. The van der Waals surface area contributed by atoms with Gasteiger partial charge in [-0.05, 0) is 23.8 Å². The molecule has 1 aliphatic heterocycles. The monoisotopic (exact) mass is 649 g/mol. The van der Waals surface area contributed by atoms with E-state index in [4.69, 9.17) is 10.2 Å². The number of hydrogen-bond acceptors (Lipinski definition) is 9. The van der Waals surface area contributed by atoms with Crippen LogP contribution in [0, 0.1) is 11.8 Å². The summed E-state index contributed by atoms with van der Waals surface area (Å²) >= 11 is 1.28. The summed E-state index contributed by atoms with van der Waals surface area (Å²) in [5.41, 5.74) is 7.57. The zero-order chi connectivity index (χ0) is 32.6. The zero-order valence-electron chi connectivity index (χ0n) is 26.4. The van der Waals surface area contributed by atoms with E-state index in [-0.39, 0.29) is 54.6 Å². The first-order chi connectivity index (χ1) is 22.2. The predicted molar refractivity (Wildman–Crippen MR) is 173 cm³/mol. The van der Waals surface area contributed by atoms with E-state index < -0.39 is 29.9 Å². The fraction of sp³-hybridized carbons (Fsp3) is 0.515. The van der Waals surface area contributed by atoms with E-state index in [0.29, 0.717) is 23.8 Å². The maximum Gasteiger partial charge on any atom is 0.273 e. The lowest BCUT2D eigenvalue weighted by atomic mass is 9.85. The lowest BCUT2D eigenvalue weighted by Crippen LogP contribution is -2.51. The van der Waals surface area contributed by atoms with Crippen LogP contribution in [0.4, 0.5) is 0 Å². The summed E-state index contributed by atoms with van der Waals surface area (Å²) in [7, 11) is 0. The Balaban J connectivity index is 1.41. The van der Waals surface area contributed by atoms with Crippen LogP contribution in [-0.4, -0.2) is 64.2 Å². The number of nitrogens with one attached hydrogen (secondary N) is 3. The summed E-state index contributed by atoms with van der Waals surface area (Å²) in [6.45, 7) is 3.83. The number of amides is 4. The van der Waals surface area contributed by atoms with E-state index >= 15 is 0 Å². The van der Waals surface area contributed by atoms with E-state index in [9.17, 15) is 19.2 Å². The molecular weight excluding hydrogens is 606 g/mol. The molecule has 5 N–H and O–H groups in total. The largest absolute Gasteiger partial charge is 0.446 e. The molecule has 0 saturated heterocycles. The first-order valence-electron chi connectivity index (χ1n) is 16.1. The van der Waals surface area contributed by atoms with Crippen molar-refractivity contribution in [3.05, 3.63) is 69.8 Å². The molecule has 4 amide bonds. The van der Waals surface area contributed by atoms with Gasteiger partial charge in [0.05, 0.1) is 18.6 Å². The molecule has 3 aromatic rings. The summed E-state index contributed by atoms with van der Waals surface area (Å²) in [5.74, 6) is -1.14. The Morgan fingerprint density at radius 1 is 1.04 bits per heavy atom. The summed E-state index contributed by atoms with van der Waals surface area (Å²) in [4.78, 5) is 63.9. The first-order valence-corrected chi connectivity index (χ1v) is 16.9. The van der Waals surface area contributed by atoms with Gasteiger partial charge in [-0.1, -0.05) is 76.3 Å². The minimum atomic E-state index is -0.745. The van der Waals surface area contributed by atoms with E-state index in [0.717, 1.165) is 31.2 Å².